The van der Waals surface area contributed by atoms with Crippen molar-refractivity contribution < 1.29 is 4.79 Å². The molecular formula is C17H18N4OS3. The fourth-order valence-electron chi connectivity index (χ4n) is 2.18. The molecule has 5 nitrogen and oxygen atoms in total. The van der Waals surface area contributed by atoms with E-state index in [0.717, 1.165) is 20.0 Å². The summed E-state index contributed by atoms with van der Waals surface area (Å²) in [5.41, 5.74) is 2.16. The molecule has 8 heteroatoms. The average Bonchev–Trinajstić information content (AvgIpc) is 3.25. The van der Waals surface area contributed by atoms with Gasteiger partial charge in [-0.2, -0.15) is 0 Å². The van der Waals surface area contributed by atoms with Crippen LogP contribution in [0.4, 0.5) is 10.8 Å². The summed E-state index contributed by atoms with van der Waals surface area (Å²) >= 11 is 4.49. The number of aromatic nitrogens is 2. The largest absolute Gasteiger partial charge is 0.348 e. The molecule has 0 aliphatic rings. The molecular weight excluding hydrogens is 372 g/mol. The molecule has 0 saturated carbocycles. The van der Waals surface area contributed by atoms with Gasteiger partial charge in [0.15, 0.2) is 4.34 Å². The first-order valence-corrected chi connectivity index (χ1v) is 10.4. The van der Waals surface area contributed by atoms with E-state index in [1.54, 1.807) is 11.3 Å². The number of anilines is 2. The van der Waals surface area contributed by atoms with E-state index in [1.807, 2.05) is 55.6 Å². The summed E-state index contributed by atoms with van der Waals surface area (Å²) in [5.74, 6) is 0.323. The predicted octanol–water partition coefficient (Wildman–Crippen LogP) is 4.62. The van der Waals surface area contributed by atoms with Gasteiger partial charge in [-0.1, -0.05) is 41.3 Å². The van der Waals surface area contributed by atoms with E-state index in [0.29, 0.717) is 5.75 Å². The molecule has 0 aliphatic heterocycles. The van der Waals surface area contributed by atoms with Crippen molar-refractivity contribution in [2.75, 3.05) is 11.1 Å². The van der Waals surface area contributed by atoms with Crippen molar-refractivity contribution in [3.63, 3.8) is 0 Å². The van der Waals surface area contributed by atoms with E-state index in [1.165, 1.54) is 28.7 Å². The number of hydrogen-bond acceptors (Lipinski definition) is 7. The molecule has 0 unspecified atom stereocenters. The molecule has 130 valence electrons. The topological polar surface area (TPSA) is 66.9 Å². The van der Waals surface area contributed by atoms with Gasteiger partial charge < -0.3 is 10.6 Å². The number of benzene rings is 1. The van der Waals surface area contributed by atoms with Crippen LogP contribution < -0.4 is 10.6 Å². The molecule has 1 amide bonds. The normalized spacial score (nSPS) is 11.9. The molecule has 2 heterocycles. The van der Waals surface area contributed by atoms with Crippen LogP contribution in [0.3, 0.4) is 0 Å². The SMILES string of the molecule is Cc1cccc(Nc2nnc(SCC(=O)N[C@@H](C)c3cccs3)s2)c1. The number of carbonyl (C=O) groups is 1. The van der Waals surface area contributed by atoms with Gasteiger partial charge in [0.25, 0.3) is 0 Å². The predicted molar refractivity (Wildman–Crippen MR) is 106 cm³/mol. The van der Waals surface area contributed by atoms with Crippen molar-refractivity contribution >= 4 is 51.2 Å². The fourth-order valence-corrected chi connectivity index (χ4v) is 4.50. The van der Waals surface area contributed by atoms with Crippen LogP contribution in [-0.2, 0) is 4.79 Å². The molecule has 1 atom stereocenters. The third kappa shape index (κ3) is 5.29. The van der Waals surface area contributed by atoms with Crippen LogP contribution in [0.5, 0.6) is 0 Å². The summed E-state index contributed by atoms with van der Waals surface area (Å²) in [5, 5.41) is 17.2. The number of rotatable bonds is 7. The number of carbonyl (C=O) groups excluding carboxylic acids is 1. The summed E-state index contributed by atoms with van der Waals surface area (Å²) in [6, 6.07) is 12.1. The van der Waals surface area contributed by atoms with Crippen molar-refractivity contribution in [1.82, 2.24) is 15.5 Å². The third-order valence-corrected chi connectivity index (χ3v) is 6.38. The van der Waals surface area contributed by atoms with E-state index in [-0.39, 0.29) is 11.9 Å². The Bertz CT molecular complexity index is 832. The monoisotopic (exact) mass is 390 g/mol. The van der Waals surface area contributed by atoms with Crippen molar-refractivity contribution in [1.29, 1.82) is 0 Å². The number of aryl methyl sites for hydroxylation is 1. The first-order valence-electron chi connectivity index (χ1n) is 7.73. The van der Waals surface area contributed by atoms with Gasteiger partial charge in [-0.25, -0.2) is 0 Å². The van der Waals surface area contributed by atoms with Crippen LogP contribution in [0, 0.1) is 6.92 Å². The standard InChI is InChI=1S/C17H18N4OS3/c1-11-5-3-6-13(9-11)19-16-20-21-17(25-16)24-10-15(22)18-12(2)14-7-4-8-23-14/h3-9,12H,10H2,1-2H3,(H,18,22)(H,19,20)/t12-/m0/s1. The van der Waals surface area contributed by atoms with Gasteiger partial charge in [0, 0.05) is 10.6 Å². The van der Waals surface area contributed by atoms with Gasteiger partial charge in [0.05, 0.1) is 11.8 Å². The number of nitrogens with one attached hydrogen (secondary N) is 2. The second-order valence-electron chi connectivity index (χ2n) is 5.46. The highest BCUT2D eigenvalue weighted by atomic mass is 32.2. The molecule has 0 radical (unpaired) electrons. The molecule has 25 heavy (non-hydrogen) atoms. The lowest BCUT2D eigenvalue weighted by atomic mass is 10.2. The second-order valence-corrected chi connectivity index (χ2v) is 8.64. The van der Waals surface area contributed by atoms with Gasteiger partial charge in [0.1, 0.15) is 0 Å². The van der Waals surface area contributed by atoms with Gasteiger partial charge >= 0.3 is 0 Å². The molecule has 0 saturated heterocycles. The lowest BCUT2D eigenvalue weighted by molar-refractivity contribution is -0.119. The molecule has 1 aromatic carbocycles. The van der Waals surface area contributed by atoms with Crippen LogP contribution >= 0.6 is 34.4 Å². The maximum Gasteiger partial charge on any atom is 0.230 e. The van der Waals surface area contributed by atoms with Crippen molar-refractivity contribution in [3.05, 3.63) is 52.2 Å². The Morgan fingerprint density at radius 2 is 2.16 bits per heavy atom. The van der Waals surface area contributed by atoms with Crippen molar-refractivity contribution in [2.24, 2.45) is 0 Å². The Hall–Kier alpha value is -1.90. The van der Waals surface area contributed by atoms with Crippen LogP contribution in [0.1, 0.15) is 23.4 Å². The van der Waals surface area contributed by atoms with Crippen LogP contribution in [0.25, 0.3) is 0 Å². The van der Waals surface area contributed by atoms with E-state index in [2.05, 4.69) is 20.8 Å². The summed E-state index contributed by atoms with van der Waals surface area (Å²) in [7, 11) is 0. The van der Waals surface area contributed by atoms with Gasteiger partial charge in [-0.15, -0.1) is 21.5 Å². The highest BCUT2D eigenvalue weighted by Gasteiger charge is 2.12. The minimum absolute atomic E-state index is 0.00528. The van der Waals surface area contributed by atoms with E-state index in [4.69, 9.17) is 0 Å². The zero-order valence-electron chi connectivity index (χ0n) is 13.9. The molecule has 2 N–H and O–H groups in total. The van der Waals surface area contributed by atoms with E-state index < -0.39 is 0 Å². The molecule has 2 aromatic heterocycles. The van der Waals surface area contributed by atoms with Crippen LogP contribution in [-0.4, -0.2) is 21.9 Å². The fraction of sp³-hybridized carbons (Fsp3) is 0.235. The average molecular weight is 391 g/mol. The van der Waals surface area contributed by atoms with Crippen molar-refractivity contribution in [2.45, 2.75) is 24.2 Å². The van der Waals surface area contributed by atoms with Crippen LogP contribution in [0.2, 0.25) is 0 Å². The zero-order valence-corrected chi connectivity index (χ0v) is 16.3. The molecule has 0 aliphatic carbocycles. The summed E-state index contributed by atoms with van der Waals surface area (Å²) < 4.78 is 0.772. The van der Waals surface area contributed by atoms with Gasteiger partial charge in [0.2, 0.25) is 11.0 Å². The van der Waals surface area contributed by atoms with Gasteiger partial charge in [-0.05, 0) is 43.0 Å². The number of amides is 1. The zero-order chi connectivity index (χ0) is 17.6. The Balaban J connectivity index is 1.49. The highest BCUT2D eigenvalue weighted by molar-refractivity contribution is 8.01. The van der Waals surface area contributed by atoms with E-state index in [9.17, 15) is 4.79 Å². The molecule has 3 rings (SSSR count). The quantitative estimate of drug-likeness (QED) is 0.576. The van der Waals surface area contributed by atoms with Crippen LogP contribution in [0.15, 0.2) is 46.1 Å². The summed E-state index contributed by atoms with van der Waals surface area (Å²) in [6.45, 7) is 4.03. The number of thiophene rings is 1. The Morgan fingerprint density at radius 3 is 2.92 bits per heavy atom. The second kappa shape index (κ2) is 8.46. The Morgan fingerprint density at radius 1 is 1.28 bits per heavy atom. The first kappa shape index (κ1) is 17.9. The Kier molecular flexibility index (Phi) is 6.06. The summed E-state index contributed by atoms with van der Waals surface area (Å²) in [4.78, 5) is 13.2. The van der Waals surface area contributed by atoms with Crippen molar-refractivity contribution in [3.8, 4) is 0 Å². The molecule has 0 bridgehead atoms. The first-order chi connectivity index (χ1) is 12.1. The smallest absolute Gasteiger partial charge is 0.230 e. The third-order valence-electron chi connectivity index (χ3n) is 3.35. The van der Waals surface area contributed by atoms with E-state index >= 15 is 0 Å². The maximum atomic E-state index is 12.1. The minimum Gasteiger partial charge on any atom is -0.348 e. The molecule has 0 fully saturated rings. The summed E-state index contributed by atoms with van der Waals surface area (Å²) in [6.07, 6.45) is 0. The lowest BCUT2D eigenvalue weighted by Gasteiger charge is -2.11. The van der Waals surface area contributed by atoms with Gasteiger partial charge in [-0.3, -0.25) is 4.79 Å². The number of thioether (sulfide) groups is 1. The minimum atomic E-state index is -0.00528. The highest BCUT2D eigenvalue weighted by Crippen LogP contribution is 2.28. The maximum absolute atomic E-state index is 12.1. The lowest BCUT2D eigenvalue weighted by Crippen LogP contribution is -2.27. The Labute approximate surface area is 158 Å². The molecule has 3 aromatic rings. The number of nitrogens with zero attached hydrogens (tertiary/aromatic N) is 2. The molecule has 0 spiro atoms. The number of hydrogen-bond donors (Lipinski definition) is 2.